The Morgan fingerprint density at radius 3 is 2.67 bits per heavy atom. The summed E-state index contributed by atoms with van der Waals surface area (Å²) in [5.41, 5.74) is 0.825. The number of pyridine rings is 1. The van der Waals surface area contributed by atoms with Crippen LogP contribution in [-0.2, 0) is 0 Å². The Morgan fingerprint density at radius 2 is 2.10 bits per heavy atom. The fourth-order valence-corrected chi connectivity index (χ4v) is 2.02. The van der Waals surface area contributed by atoms with Crippen LogP contribution < -0.4 is 5.32 Å². The molecule has 0 aliphatic carbocycles. The van der Waals surface area contributed by atoms with Crippen molar-refractivity contribution < 1.29 is 14.8 Å². The number of carbonyl (C=O) groups is 1. The summed E-state index contributed by atoms with van der Waals surface area (Å²) in [5, 5.41) is 22.7. The second-order valence-corrected chi connectivity index (χ2v) is 4.70. The number of nitro benzene ring substituents is 1. The quantitative estimate of drug-likeness (QED) is 0.662. The van der Waals surface area contributed by atoms with Crippen LogP contribution in [0.15, 0.2) is 30.6 Å². The number of benzene rings is 1. The second kappa shape index (κ2) is 5.76. The molecule has 0 atom stereocenters. The number of nitrogens with zero attached hydrogens (tertiary/aromatic N) is 2. The van der Waals surface area contributed by atoms with Crippen LogP contribution in [0.2, 0.25) is 5.02 Å². The molecule has 0 aliphatic rings. The van der Waals surface area contributed by atoms with Crippen molar-refractivity contribution in [1.29, 1.82) is 0 Å². The minimum absolute atomic E-state index is 0.0527. The number of aryl methyl sites for hydroxylation is 1. The van der Waals surface area contributed by atoms with Gasteiger partial charge in [0.05, 0.1) is 33.1 Å². The van der Waals surface area contributed by atoms with Crippen molar-refractivity contribution >= 4 is 34.6 Å². The van der Waals surface area contributed by atoms with Crippen molar-refractivity contribution in [1.82, 2.24) is 4.98 Å². The van der Waals surface area contributed by atoms with Crippen LogP contribution in [0.25, 0.3) is 0 Å². The van der Waals surface area contributed by atoms with Crippen LogP contribution in [0.3, 0.4) is 0 Å². The van der Waals surface area contributed by atoms with Gasteiger partial charge < -0.3 is 10.4 Å². The first kappa shape index (κ1) is 14.7. The van der Waals surface area contributed by atoms with Crippen LogP contribution in [-0.4, -0.2) is 21.0 Å². The van der Waals surface area contributed by atoms with Crippen molar-refractivity contribution in [3.63, 3.8) is 0 Å². The lowest BCUT2D eigenvalue weighted by Gasteiger charge is -2.11. The Hall–Kier alpha value is -2.67. The van der Waals surface area contributed by atoms with Crippen molar-refractivity contribution in [3.8, 4) is 0 Å². The van der Waals surface area contributed by atoms with Crippen molar-refractivity contribution in [2.75, 3.05) is 5.32 Å². The molecular formula is C13H10ClN3O4. The van der Waals surface area contributed by atoms with Gasteiger partial charge in [-0.3, -0.25) is 15.1 Å². The molecule has 1 aromatic carbocycles. The molecule has 2 rings (SSSR count). The highest BCUT2D eigenvalue weighted by molar-refractivity contribution is 6.34. The zero-order chi connectivity index (χ0) is 15.6. The number of aromatic carboxylic acids is 1. The Morgan fingerprint density at radius 1 is 1.38 bits per heavy atom. The Bertz CT molecular complexity index is 733. The SMILES string of the molecule is Cc1cncc(Nc2c(Cl)cc([N+](=O)[O-])cc2C(=O)O)c1. The van der Waals surface area contributed by atoms with Gasteiger partial charge in [-0.25, -0.2) is 4.79 Å². The lowest BCUT2D eigenvalue weighted by Crippen LogP contribution is -2.05. The maximum Gasteiger partial charge on any atom is 0.338 e. The predicted octanol–water partition coefficient (Wildman–Crippen LogP) is 3.39. The number of hydrogen-bond donors (Lipinski definition) is 2. The summed E-state index contributed by atoms with van der Waals surface area (Å²) in [4.78, 5) is 25.3. The maximum atomic E-state index is 11.3. The molecule has 0 bridgehead atoms. The van der Waals surface area contributed by atoms with E-state index in [0.717, 1.165) is 17.7 Å². The maximum absolute atomic E-state index is 11.3. The van der Waals surface area contributed by atoms with E-state index in [9.17, 15) is 20.0 Å². The van der Waals surface area contributed by atoms with Gasteiger partial charge >= 0.3 is 5.97 Å². The molecule has 7 nitrogen and oxygen atoms in total. The minimum atomic E-state index is -1.32. The number of non-ortho nitro benzene ring substituents is 1. The summed E-state index contributed by atoms with van der Waals surface area (Å²) >= 11 is 5.96. The summed E-state index contributed by atoms with van der Waals surface area (Å²) in [7, 11) is 0. The number of carboxylic acid groups (broad SMARTS) is 1. The molecule has 1 heterocycles. The average molecular weight is 308 g/mol. The summed E-state index contributed by atoms with van der Waals surface area (Å²) in [5.74, 6) is -1.32. The first-order chi connectivity index (χ1) is 9.88. The highest BCUT2D eigenvalue weighted by Crippen LogP contribution is 2.33. The summed E-state index contributed by atoms with van der Waals surface area (Å²) in [6, 6.07) is 3.80. The number of aromatic nitrogens is 1. The van der Waals surface area contributed by atoms with E-state index in [-0.39, 0.29) is 22.0 Å². The Balaban J connectivity index is 2.52. The number of anilines is 2. The molecule has 2 aromatic rings. The van der Waals surface area contributed by atoms with Crippen LogP contribution in [0.1, 0.15) is 15.9 Å². The number of rotatable bonds is 4. The van der Waals surface area contributed by atoms with Gasteiger partial charge in [0.25, 0.3) is 5.69 Å². The van der Waals surface area contributed by atoms with E-state index >= 15 is 0 Å². The third kappa shape index (κ3) is 3.26. The third-order valence-electron chi connectivity index (χ3n) is 2.66. The standard InChI is InChI=1S/C13H10ClN3O4/c1-7-2-8(6-15-5-7)16-12-10(13(18)19)3-9(17(20)21)4-11(12)14/h2-6,16H,1H3,(H,18,19). The molecule has 0 saturated heterocycles. The van der Waals surface area contributed by atoms with Gasteiger partial charge in [-0.2, -0.15) is 0 Å². The van der Waals surface area contributed by atoms with E-state index in [4.69, 9.17) is 11.6 Å². The molecule has 2 N–H and O–H groups in total. The fourth-order valence-electron chi connectivity index (χ4n) is 1.76. The number of nitro groups is 1. The molecule has 0 spiro atoms. The van der Waals surface area contributed by atoms with E-state index in [1.54, 1.807) is 12.3 Å². The van der Waals surface area contributed by atoms with Crippen molar-refractivity contribution in [2.45, 2.75) is 6.92 Å². The predicted molar refractivity (Wildman–Crippen MR) is 77.3 cm³/mol. The molecule has 8 heteroatoms. The fraction of sp³-hybridized carbons (Fsp3) is 0.0769. The molecule has 1 aromatic heterocycles. The molecule has 0 aliphatic heterocycles. The number of halogens is 1. The molecule has 0 amide bonds. The smallest absolute Gasteiger partial charge is 0.338 e. The molecule has 0 unspecified atom stereocenters. The topological polar surface area (TPSA) is 105 Å². The van der Waals surface area contributed by atoms with E-state index in [1.165, 1.54) is 6.20 Å². The highest BCUT2D eigenvalue weighted by atomic mass is 35.5. The molecule has 0 saturated carbocycles. The van der Waals surface area contributed by atoms with E-state index in [1.807, 2.05) is 6.92 Å². The van der Waals surface area contributed by atoms with Gasteiger partial charge in [-0.05, 0) is 18.6 Å². The summed E-state index contributed by atoms with van der Waals surface area (Å²) < 4.78 is 0. The third-order valence-corrected chi connectivity index (χ3v) is 2.96. The molecule has 108 valence electrons. The number of hydrogen-bond acceptors (Lipinski definition) is 5. The normalized spacial score (nSPS) is 10.2. The zero-order valence-electron chi connectivity index (χ0n) is 10.8. The van der Waals surface area contributed by atoms with Gasteiger partial charge in [-0.1, -0.05) is 11.6 Å². The minimum Gasteiger partial charge on any atom is -0.478 e. The summed E-state index contributed by atoms with van der Waals surface area (Å²) in [6.45, 7) is 1.83. The van der Waals surface area contributed by atoms with Crippen molar-refractivity contribution in [2.24, 2.45) is 0 Å². The van der Waals surface area contributed by atoms with E-state index < -0.39 is 10.9 Å². The highest BCUT2D eigenvalue weighted by Gasteiger charge is 2.20. The first-order valence-electron chi connectivity index (χ1n) is 5.78. The Kier molecular flexibility index (Phi) is 4.04. The average Bonchev–Trinajstić information content (AvgIpc) is 2.40. The van der Waals surface area contributed by atoms with E-state index in [2.05, 4.69) is 10.3 Å². The van der Waals surface area contributed by atoms with Crippen LogP contribution in [0.5, 0.6) is 0 Å². The first-order valence-corrected chi connectivity index (χ1v) is 6.16. The van der Waals surface area contributed by atoms with Crippen molar-refractivity contribution in [3.05, 3.63) is 56.9 Å². The molecule has 0 radical (unpaired) electrons. The zero-order valence-corrected chi connectivity index (χ0v) is 11.6. The lowest BCUT2D eigenvalue weighted by atomic mass is 10.1. The Labute approximate surface area is 124 Å². The molecule has 21 heavy (non-hydrogen) atoms. The van der Waals surface area contributed by atoms with E-state index in [0.29, 0.717) is 5.69 Å². The summed E-state index contributed by atoms with van der Waals surface area (Å²) in [6.07, 6.45) is 3.14. The second-order valence-electron chi connectivity index (χ2n) is 4.29. The number of nitrogens with one attached hydrogen (secondary N) is 1. The van der Waals surface area contributed by atoms with Gasteiger partial charge in [0.1, 0.15) is 0 Å². The largest absolute Gasteiger partial charge is 0.478 e. The van der Waals surface area contributed by atoms with Gasteiger partial charge in [-0.15, -0.1) is 0 Å². The number of carboxylic acids is 1. The van der Waals surface area contributed by atoms with Crippen LogP contribution in [0, 0.1) is 17.0 Å². The van der Waals surface area contributed by atoms with Gasteiger partial charge in [0, 0.05) is 18.3 Å². The van der Waals surface area contributed by atoms with Crippen LogP contribution in [0.4, 0.5) is 17.1 Å². The van der Waals surface area contributed by atoms with Crippen LogP contribution >= 0.6 is 11.6 Å². The monoisotopic (exact) mass is 307 g/mol. The van der Waals surface area contributed by atoms with Gasteiger partial charge in [0.2, 0.25) is 0 Å². The molecule has 0 fully saturated rings. The van der Waals surface area contributed by atoms with Gasteiger partial charge in [0.15, 0.2) is 0 Å². The molecular weight excluding hydrogens is 298 g/mol. The lowest BCUT2D eigenvalue weighted by molar-refractivity contribution is -0.384.